The molecule has 0 radical (unpaired) electrons. The zero-order valence-corrected chi connectivity index (χ0v) is 17.9. The van der Waals surface area contributed by atoms with Crippen molar-refractivity contribution < 1.29 is 4.79 Å². The van der Waals surface area contributed by atoms with Gasteiger partial charge in [0.05, 0.1) is 6.04 Å². The summed E-state index contributed by atoms with van der Waals surface area (Å²) >= 11 is 1.81. The average Bonchev–Trinajstić information content (AvgIpc) is 2.72. The van der Waals surface area contributed by atoms with Crippen LogP contribution in [-0.4, -0.2) is 24.7 Å². The van der Waals surface area contributed by atoms with Crippen LogP contribution in [0.2, 0.25) is 0 Å². The van der Waals surface area contributed by atoms with Gasteiger partial charge >= 0.3 is 0 Å². The first kappa shape index (κ1) is 20.8. The molecule has 0 saturated carbocycles. The maximum atomic E-state index is 12.3. The average molecular weight is 397 g/mol. The van der Waals surface area contributed by atoms with Crippen LogP contribution in [0.3, 0.4) is 0 Å². The number of piperidine rings is 1. The van der Waals surface area contributed by atoms with Gasteiger partial charge in [0.25, 0.3) is 0 Å². The Balaban J connectivity index is 1.41. The Kier molecular flexibility index (Phi) is 7.84. The van der Waals surface area contributed by atoms with Crippen molar-refractivity contribution in [1.29, 1.82) is 0 Å². The summed E-state index contributed by atoms with van der Waals surface area (Å²) in [7, 11) is 0. The van der Waals surface area contributed by atoms with E-state index in [1.165, 1.54) is 29.7 Å². The van der Waals surface area contributed by atoms with Crippen LogP contribution in [0.1, 0.15) is 50.3 Å². The van der Waals surface area contributed by atoms with Gasteiger partial charge < -0.3 is 10.2 Å². The molecule has 0 unspecified atom stereocenters. The van der Waals surface area contributed by atoms with Crippen molar-refractivity contribution in [3.05, 3.63) is 65.7 Å². The summed E-state index contributed by atoms with van der Waals surface area (Å²) in [6, 6.07) is 19.2. The van der Waals surface area contributed by atoms with Crippen LogP contribution >= 0.6 is 11.8 Å². The van der Waals surface area contributed by atoms with Crippen LogP contribution < -0.4 is 10.2 Å². The van der Waals surface area contributed by atoms with E-state index in [0.717, 1.165) is 30.5 Å². The van der Waals surface area contributed by atoms with Gasteiger partial charge in [0, 0.05) is 36.7 Å². The number of rotatable bonds is 8. The second-order valence-corrected chi connectivity index (χ2v) is 8.97. The number of anilines is 1. The van der Waals surface area contributed by atoms with Crippen molar-refractivity contribution in [1.82, 2.24) is 5.32 Å². The largest absolute Gasteiger partial charge is 0.371 e. The van der Waals surface area contributed by atoms with Crippen LogP contribution in [-0.2, 0) is 10.5 Å². The van der Waals surface area contributed by atoms with Gasteiger partial charge in [-0.2, -0.15) is 11.8 Å². The first-order valence-electron chi connectivity index (χ1n) is 10.4. The van der Waals surface area contributed by atoms with Crippen LogP contribution in [0.15, 0.2) is 54.6 Å². The minimum atomic E-state index is 0.0425. The predicted molar refractivity (Wildman–Crippen MR) is 121 cm³/mol. The van der Waals surface area contributed by atoms with Gasteiger partial charge in [0.15, 0.2) is 0 Å². The standard InChI is InChI=1S/C24H32N2OS/c1-19-7-6-15-26(17-19)23-12-10-22(11-13-23)20(2)25-24(27)14-16-28-18-21-8-4-3-5-9-21/h3-5,8-13,19-20H,6-7,14-18H2,1-2H3,(H,25,27)/t19-,20+/m0/s1. The van der Waals surface area contributed by atoms with Crippen LogP contribution in [0.5, 0.6) is 0 Å². The lowest BCUT2D eigenvalue weighted by Crippen LogP contribution is -2.34. The Hall–Kier alpha value is -1.94. The number of carbonyl (C=O) groups is 1. The number of amides is 1. The minimum Gasteiger partial charge on any atom is -0.371 e. The molecular formula is C24H32N2OS. The molecule has 1 amide bonds. The van der Waals surface area contributed by atoms with Crippen molar-refractivity contribution in [2.24, 2.45) is 5.92 Å². The number of hydrogen-bond acceptors (Lipinski definition) is 3. The molecule has 1 saturated heterocycles. The lowest BCUT2D eigenvalue weighted by molar-refractivity contribution is -0.121. The fourth-order valence-corrected chi connectivity index (χ4v) is 4.63. The van der Waals surface area contributed by atoms with Gasteiger partial charge in [-0.3, -0.25) is 4.79 Å². The van der Waals surface area contributed by atoms with Gasteiger partial charge in [0.2, 0.25) is 5.91 Å². The number of benzene rings is 2. The van der Waals surface area contributed by atoms with Crippen molar-refractivity contribution in [2.75, 3.05) is 23.7 Å². The molecule has 1 heterocycles. The van der Waals surface area contributed by atoms with Crippen LogP contribution in [0, 0.1) is 5.92 Å². The van der Waals surface area contributed by atoms with E-state index in [0.29, 0.717) is 6.42 Å². The maximum Gasteiger partial charge on any atom is 0.221 e. The Morgan fingerprint density at radius 3 is 2.64 bits per heavy atom. The third-order valence-corrected chi connectivity index (χ3v) is 6.41. The second-order valence-electron chi connectivity index (χ2n) is 7.86. The summed E-state index contributed by atoms with van der Waals surface area (Å²) in [6.45, 7) is 6.69. The van der Waals surface area contributed by atoms with E-state index in [2.05, 4.69) is 72.6 Å². The summed E-state index contributed by atoms with van der Waals surface area (Å²) in [5.74, 6) is 2.70. The summed E-state index contributed by atoms with van der Waals surface area (Å²) in [5.41, 5.74) is 3.77. The quantitative estimate of drug-likeness (QED) is 0.604. The number of nitrogens with zero attached hydrogens (tertiary/aromatic N) is 1. The molecule has 0 bridgehead atoms. The summed E-state index contributed by atoms with van der Waals surface area (Å²) < 4.78 is 0. The Labute approximate surface area is 173 Å². The minimum absolute atomic E-state index is 0.0425. The van der Waals surface area contributed by atoms with E-state index in [1.54, 1.807) is 0 Å². The molecule has 4 heteroatoms. The van der Waals surface area contributed by atoms with E-state index in [-0.39, 0.29) is 11.9 Å². The van der Waals surface area contributed by atoms with Gasteiger partial charge in [-0.1, -0.05) is 49.4 Å². The van der Waals surface area contributed by atoms with E-state index in [4.69, 9.17) is 0 Å². The van der Waals surface area contributed by atoms with Gasteiger partial charge in [-0.25, -0.2) is 0 Å². The Morgan fingerprint density at radius 1 is 1.18 bits per heavy atom. The predicted octanol–water partition coefficient (Wildman–Crippen LogP) is 5.42. The van der Waals surface area contributed by atoms with Crippen LogP contribution in [0.25, 0.3) is 0 Å². The van der Waals surface area contributed by atoms with E-state index < -0.39 is 0 Å². The van der Waals surface area contributed by atoms with Crippen molar-refractivity contribution in [3.63, 3.8) is 0 Å². The molecule has 3 nitrogen and oxygen atoms in total. The van der Waals surface area contributed by atoms with Crippen molar-refractivity contribution in [2.45, 2.75) is 44.9 Å². The zero-order chi connectivity index (χ0) is 19.8. The molecule has 2 aromatic rings. The Bertz CT molecular complexity index is 732. The molecule has 1 N–H and O–H groups in total. The second kappa shape index (κ2) is 10.6. The molecule has 1 aliphatic heterocycles. The molecule has 28 heavy (non-hydrogen) atoms. The zero-order valence-electron chi connectivity index (χ0n) is 17.1. The number of nitrogens with one attached hydrogen (secondary N) is 1. The lowest BCUT2D eigenvalue weighted by Gasteiger charge is -2.33. The first-order chi connectivity index (χ1) is 13.6. The molecule has 2 aromatic carbocycles. The van der Waals surface area contributed by atoms with E-state index >= 15 is 0 Å². The highest BCUT2D eigenvalue weighted by atomic mass is 32.2. The van der Waals surface area contributed by atoms with Gasteiger partial charge in [-0.05, 0) is 48.9 Å². The van der Waals surface area contributed by atoms with Crippen LogP contribution in [0.4, 0.5) is 5.69 Å². The SMILES string of the molecule is C[C@H]1CCCN(c2ccc([C@@H](C)NC(=O)CCSCc3ccccc3)cc2)C1. The van der Waals surface area contributed by atoms with E-state index in [9.17, 15) is 4.79 Å². The molecular weight excluding hydrogens is 364 g/mol. The maximum absolute atomic E-state index is 12.3. The molecule has 0 spiro atoms. The molecule has 0 aromatic heterocycles. The highest BCUT2D eigenvalue weighted by Gasteiger charge is 2.17. The summed E-state index contributed by atoms with van der Waals surface area (Å²) in [4.78, 5) is 14.7. The summed E-state index contributed by atoms with van der Waals surface area (Å²) in [5, 5.41) is 3.14. The smallest absolute Gasteiger partial charge is 0.221 e. The lowest BCUT2D eigenvalue weighted by atomic mass is 9.99. The van der Waals surface area contributed by atoms with E-state index in [1.807, 2.05) is 17.8 Å². The fourth-order valence-electron chi connectivity index (χ4n) is 3.72. The Morgan fingerprint density at radius 2 is 1.93 bits per heavy atom. The third-order valence-electron chi connectivity index (χ3n) is 5.38. The summed E-state index contributed by atoms with van der Waals surface area (Å²) in [6.07, 6.45) is 3.17. The van der Waals surface area contributed by atoms with Gasteiger partial charge in [0.1, 0.15) is 0 Å². The number of carbonyl (C=O) groups excluding carboxylic acids is 1. The molecule has 1 fully saturated rings. The van der Waals surface area contributed by atoms with Crippen molar-refractivity contribution in [3.8, 4) is 0 Å². The topological polar surface area (TPSA) is 32.3 Å². The molecule has 2 atom stereocenters. The molecule has 3 rings (SSSR count). The first-order valence-corrected chi connectivity index (χ1v) is 11.5. The number of thioether (sulfide) groups is 1. The van der Waals surface area contributed by atoms with Crippen molar-refractivity contribution >= 4 is 23.4 Å². The molecule has 1 aliphatic rings. The molecule has 150 valence electrons. The normalized spacial score (nSPS) is 17.9. The monoisotopic (exact) mass is 396 g/mol. The third kappa shape index (κ3) is 6.30. The van der Waals surface area contributed by atoms with Gasteiger partial charge in [-0.15, -0.1) is 0 Å². The molecule has 0 aliphatic carbocycles. The number of hydrogen-bond donors (Lipinski definition) is 1. The highest BCUT2D eigenvalue weighted by molar-refractivity contribution is 7.98. The highest BCUT2D eigenvalue weighted by Crippen LogP contribution is 2.24. The fraction of sp³-hybridized carbons (Fsp3) is 0.458.